The highest BCUT2D eigenvalue weighted by Gasteiger charge is 2.14. The molecule has 1 unspecified atom stereocenters. The van der Waals surface area contributed by atoms with Crippen LogP contribution >= 0.6 is 0 Å². The molecule has 0 spiro atoms. The summed E-state index contributed by atoms with van der Waals surface area (Å²) in [5, 5.41) is 12.9. The molecule has 2 aromatic rings. The van der Waals surface area contributed by atoms with Crippen molar-refractivity contribution in [1.29, 1.82) is 0 Å². The Morgan fingerprint density at radius 3 is 2.80 bits per heavy atom. The van der Waals surface area contributed by atoms with E-state index in [0.29, 0.717) is 11.7 Å². The second-order valence-corrected chi connectivity index (χ2v) is 3.25. The number of rotatable bonds is 3. The topological polar surface area (TPSA) is 72.3 Å². The molecule has 5 nitrogen and oxygen atoms in total. The zero-order chi connectivity index (χ0) is 10.8. The number of nitrogens with zero attached hydrogens (tertiary/aromatic N) is 2. The zero-order valence-corrected chi connectivity index (χ0v) is 8.60. The summed E-state index contributed by atoms with van der Waals surface area (Å²) in [5.74, 6) is 1.96. The summed E-state index contributed by atoms with van der Waals surface area (Å²) in [6.07, 6.45) is 0.0836. The van der Waals surface area contributed by atoms with Crippen LogP contribution in [-0.2, 0) is 6.42 Å². The van der Waals surface area contributed by atoms with Crippen LogP contribution in [0.2, 0.25) is 0 Å². The van der Waals surface area contributed by atoms with E-state index >= 15 is 0 Å². The van der Waals surface area contributed by atoms with Gasteiger partial charge in [0.2, 0.25) is 5.82 Å². The van der Waals surface area contributed by atoms with E-state index in [2.05, 4.69) is 10.1 Å². The summed E-state index contributed by atoms with van der Waals surface area (Å²) in [6.45, 7) is 3.58. The number of aryl methyl sites for hydroxylation is 1. The molecule has 0 saturated carbocycles. The largest absolute Gasteiger partial charge is 0.456 e. The predicted molar refractivity (Wildman–Crippen MR) is 52.0 cm³/mol. The van der Waals surface area contributed by atoms with Crippen molar-refractivity contribution in [1.82, 2.24) is 10.1 Å². The lowest BCUT2D eigenvalue weighted by Crippen LogP contribution is -1.92. The van der Waals surface area contributed by atoms with Gasteiger partial charge in [-0.3, -0.25) is 0 Å². The maximum Gasteiger partial charge on any atom is 0.293 e. The lowest BCUT2D eigenvalue weighted by atomic mass is 10.3. The molecule has 0 aliphatic heterocycles. The Kier molecular flexibility index (Phi) is 2.55. The van der Waals surface area contributed by atoms with Gasteiger partial charge in [-0.2, -0.15) is 4.98 Å². The molecular weight excluding hydrogens is 196 g/mol. The van der Waals surface area contributed by atoms with Gasteiger partial charge in [0.25, 0.3) is 5.89 Å². The third-order valence-corrected chi connectivity index (χ3v) is 2.04. The third-order valence-electron chi connectivity index (χ3n) is 2.04. The number of furan rings is 1. The standard InChI is InChI=1S/C10H12N2O3/c1-3-7-4-5-8(14-7)10-11-9(6(2)13)12-15-10/h4-6,13H,3H2,1-2H3. The van der Waals surface area contributed by atoms with Crippen molar-refractivity contribution in [2.45, 2.75) is 26.4 Å². The smallest absolute Gasteiger partial charge is 0.293 e. The van der Waals surface area contributed by atoms with Crippen LogP contribution in [0.15, 0.2) is 21.1 Å². The Balaban J connectivity index is 2.28. The summed E-state index contributed by atoms with van der Waals surface area (Å²) in [5.41, 5.74) is 0. The summed E-state index contributed by atoms with van der Waals surface area (Å²) in [7, 11) is 0. The molecule has 0 radical (unpaired) electrons. The predicted octanol–water partition coefficient (Wildman–Crippen LogP) is 1.95. The van der Waals surface area contributed by atoms with Crippen molar-refractivity contribution in [3.63, 3.8) is 0 Å². The molecule has 5 heteroatoms. The van der Waals surface area contributed by atoms with Crippen molar-refractivity contribution in [3.8, 4) is 11.7 Å². The van der Waals surface area contributed by atoms with E-state index in [4.69, 9.17) is 8.94 Å². The first-order valence-electron chi connectivity index (χ1n) is 4.81. The molecule has 15 heavy (non-hydrogen) atoms. The molecule has 0 saturated heterocycles. The molecule has 80 valence electrons. The molecule has 2 heterocycles. The lowest BCUT2D eigenvalue weighted by molar-refractivity contribution is 0.184. The summed E-state index contributed by atoms with van der Waals surface area (Å²) >= 11 is 0. The van der Waals surface area contributed by atoms with Gasteiger partial charge in [0.05, 0.1) is 0 Å². The quantitative estimate of drug-likeness (QED) is 0.834. The third kappa shape index (κ3) is 1.92. The van der Waals surface area contributed by atoms with Gasteiger partial charge < -0.3 is 14.0 Å². The molecule has 1 atom stereocenters. The van der Waals surface area contributed by atoms with Crippen LogP contribution in [0, 0.1) is 0 Å². The maximum absolute atomic E-state index is 9.22. The summed E-state index contributed by atoms with van der Waals surface area (Å²) in [4.78, 5) is 4.01. The second kappa shape index (κ2) is 3.86. The van der Waals surface area contributed by atoms with Crippen molar-refractivity contribution < 1.29 is 14.0 Å². The Labute approximate surface area is 86.7 Å². The van der Waals surface area contributed by atoms with Crippen LogP contribution in [0.5, 0.6) is 0 Å². The molecule has 0 bridgehead atoms. The molecule has 1 N–H and O–H groups in total. The van der Waals surface area contributed by atoms with E-state index in [1.807, 2.05) is 13.0 Å². The monoisotopic (exact) mass is 208 g/mol. The Morgan fingerprint density at radius 1 is 1.47 bits per heavy atom. The van der Waals surface area contributed by atoms with Gasteiger partial charge >= 0.3 is 0 Å². The molecular formula is C10H12N2O3. The minimum absolute atomic E-state index is 0.263. The van der Waals surface area contributed by atoms with Gasteiger partial charge in [0.1, 0.15) is 11.9 Å². The van der Waals surface area contributed by atoms with Gasteiger partial charge in [0.15, 0.2) is 5.76 Å². The van der Waals surface area contributed by atoms with Gasteiger partial charge in [-0.1, -0.05) is 12.1 Å². The number of hydrogen-bond acceptors (Lipinski definition) is 5. The Hall–Kier alpha value is -1.62. The van der Waals surface area contributed by atoms with Crippen LogP contribution < -0.4 is 0 Å². The lowest BCUT2D eigenvalue weighted by Gasteiger charge is -1.91. The van der Waals surface area contributed by atoms with E-state index in [-0.39, 0.29) is 5.82 Å². The van der Waals surface area contributed by atoms with Crippen molar-refractivity contribution in [3.05, 3.63) is 23.7 Å². The van der Waals surface area contributed by atoms with Crippen molar-refractivity contribution in [2.24, 2.45) is 0 Å². The van der Waals surface area contributed by atoms with Crippen LogP contribution in [-0.4, -0.2) is 15.2 Å². The summed E-state index contributed by atoms with van der Waals surface area (Å²) in [6, 6.07) is 3.64. The average Bonchev–Trinajstić information content (AvgIpc) is 2.86. The van der Waals surface area contributed by atoms with Crippen LogP contribution in [0.25, 0.3) is 11.7 Å². The van der Waals surface area contributed by atoms with Gasteiger partial charge in [-0.15, -0.1) is 0 Å². The van der Waals surface area contributed by atoms with E-state index < -0.39 is 6.10 Å². The zero-order valence-electron chi connectivity index (χ0n) is 8.60. The maximum atomic E-state index is 9.22. The average molecular weight is 208 g/mol. The van der Waals surface area contributed by atoms with E-state index in [0.717, 1.165) is 12.2 Å². The molecule has 0 amide bonds. The minimum atomic E-state index is -0.733. The molecule has 0 fully saturated rings. The first-order chi connectivity index (χ1) is 7.20. The van der Waals surface area contributed by atoms with Gasteiger partial charge in [-0.05, 0) is 19.1 Å². The van der Waals surface area contributed by atoms with Crippen molar-refractivity contribution >= 4 is 0 Å². The molecule has 2 aromatic heterocycles. The van der Waals surface area contributed by atoms with E-state index in [9.17, 15) is 5.11 Å². The Bertz CT molecular complexity index is 445. The first-order valence-corrected chi connectivity index (χ1v) is 4.81. The number of aliphatic hydroxyl groups is 1. The fourth-order valence-electron chi connectivity index (χ4n) is 1.19. The number of aliphatic hydroxyl groups excluding tert-OH is 1. The molecule has 0 aliphatic rings. The van der Waals surface area contributed by atoms with E-state index in [1.54, 1.807) is 13.0 Å². The number of aromatic nitrogens is 2. The van der Waals surface area contributed by atoms with Crippen LogP contribution in [0.1, 0.15) is 31.5 Å². The summed E-state index contributed by atoms with van der Waals surface area (Å²) < 4.78 is 10.4. The van der Waals surface area contributed by atoms with Crippen molar-refractivity contribution in [2.75, 3.05) is 0 Å². The Morgan fingerprint density at radius 2 is 2.27 bits per heavy atom. The fraction of sp³-hybridized carbons (Fsp3) is 0.400. The van der Waals surface area contributed by atoms with Crippen LogP contribution in [0.3, 0.4) is 0 Å². The molecule has 2 rings (SSSR count). The highest BCUT2D eigenvalue weighted by atomic mass is 16.5. The van der Waals surface area contributed by atoms with E-state index in [1.165, 1.54) is 0 Å². The van der Waals surface area contributed by atoms with Gasteiger partial charge in [0, 0.05) is 6.42 Å². The highest BCUT2D eigenvalue weighted by molar-refractivity contribution is 5.44. The highest BCUT2D eigenvalue weighted by Crippen LogP contribution is 2.21. The van der Waals surface area contributed by atoms with Gasteiger partial charge in [-0.25, -0.2) is 0 Å². The molecule has 0 aliphatic carbocycles. The van der Waals surface area contributed by atoms with Crippen LogP contribution in [0.4, 0.5) is 0 Å². The first kappa shape index (κ1) is 9.92. The fourth-order valence-corrected chi connectivity index (χ4v) is 1.19. The SMILES string of the molecule is CCc1ccc(-c2nc(C(C)O)no2)o1. The second-order valence-electron chi connectivity index (χ2n) is 3.25. The minimum Gasteiger partial charge on any atom is -0.456 e. The molecule has 0 aromatic carbocycles. The number of hydrogen-bond donors (Lipinski definition) is 1. The normalized spacial score (nSPS) is 13.0.